The van der Waals surface area contributed by atoms with Gasteiger partial charge < -0.3 is 8.92 Å². The molecule has 6 nitrogen and oxygen atoms in total. The van der Waals surface area contributed by atoms with Gasteiger partial charge in [0.2, 0.25) is 5.90 Å². The molecule has 3 aromatic carbocycles. The molecule has 3 aromatic rings. The first-order valence-electron chi connectivity index (χ1n) is 9.11. The highest BCUT2D eigenvalue weighted by molar-refractivity contribution is 7.87. The minimum atomic E-state index is -4.02. The lowest BCUT2D eigenvalue weighted by Crippen LogP contribution is -2.10. The predicted molar refractivity (Wildman–Crippen MR) is 112 cm³/mol. The normalized spacial score (nSPS) is 15.0. The van der Waals surface area contributed by atoms with Gasteiger partial charge in [-0.3, -0.25) is 0 Å². The highest BCUT2D eigenvalue weighted by Crippen LogP contribution is 2.27. The van der Waals surface area contributed by atoms with E-state index >= 15 is 0 Å². The largest absolute Gasteiger partial charge is 0.402 e. The Hall–Kier alpha value is -3.71. The Kier molecular flexibility index (Phi) is 5.20. The number of carbonyl (C=O) groups is 1. The first-order chi connectivity index (χ1) is 14.4. The first kappa shape index (κ1) is 19.6. The van der Waals surface area contributed by atoms with E-state index in [4.69, 9.17) is 8.92 Å². The second kappa shape index (κ2) is 7.96. The molecule has 4 rings (SSSR count). The molecule has 7 heteroatoms. The number of aryl methyl sites for hydroxylation is 1. The zero-order valence-electron chi connectivity index (χ0n) is 16.0. The molecule has 1 heterocycles. The van der Waals surface area contributed by atoms with Crippen LogP contribution >= 0.6 is 0 Å². The van der Waals surface area contributed by atoms with Crippen LogP contribution in [-0.2, 0) is 19.6 Å². The van der Waals surface area contributed by atoms with Crippen molar-refractivity contribution < 1.29 is 22.1 Å². The Labute approximate surface area is 174 Å². The maximum atomic E-state index is 12.6. The lowest BCUT2D eigenvalue weighted by atomic mass is 10.1. The number of esters is 1. The summed E-state index contributed by atoms with van der Waals surface area (Å²) in [6.45, 7) is 1.89. The maximum Gasteiger partial charge on any atom is 0.363 e. The SMILES string of the molecule is Cc1ccccc1C1=NC(=Cc2ccccc2OS(=O)(=O)c2ccccc2)C(=O)O1. The molecule has 0 radical (unpaired) electrons. The lowest BCUT2D eigenvalue weighted by Gasteiger charge is -2.09. The van der Waals surface area contributed by atoms with Gasteiger partial charge >= 0.3 is 16.1 Å². The van der Waals surface area contributed by atoms with Crippen LogP contribution in [0.25, 0.3) is 6.08 Å². The van der Waals surface area contributed by atoms with Crippen molar-refractivity contribution in [3.63, 3.8) is 0 Å². The van der Waals surface area contributed by atoms with Crippen LogP contribution in [0, 0.1) is 6.92 Å². The molecule has 0 aromatic heterocycles. The van der Waals surface area contributed by atoms with E-state index in [1.807, 2.05) is 31.2 Å². The average molecular weight is 419 g/mol. The average Bonchev–Trinajstić information content (AvgIpc) is 3.10. The highest BCUT2D eigenvalue weighted by Gasteiger charge is 2.26. The van der Waals surface area contributed by atoms with Gasteiger partial charge in [-0.15, -0.1) is 0 Å². The number of nitrogens with zero attached hydrogens (tertiary/aromatic N) is 1. The third-order valence-electron chi connectivity index (χ3n) is 4.44. The number of benzene rings is 3. The zero-order chi connectivity index (χ0) is 21.1. The Morgan fingerprint density at radius 2 is 1.57 bits per heavy atom. The fourth-order valence-corrected chi connectivity index (χ4v) is 3.89. The molecular weight excluding hydrogens is 402 g/mol. The summed E-state index contributed by atoms with van der Waals surface area (Å²) in [4.78, 5) is 16.7. The zero-order valence-corrected chi connectivity index (χ0v) is 16.8. The van der Waals surface area contributed by atoms with Crippen molar-refractivity contribution in [2.75, 3.05) is 0 Å². The molecule has 0 bridgehead atoms. The third kappa shape index (κ3) is 4.01. The van der Waals surface area contributed by atoms with Crippen LogP contribution in [0.5, 0.6) is 5.75 Å². The van der Waals surface area contributed by atoms with Crippen molar-refractivity contribution in [2.24, 2.45) is 4.99 Å². The van der Waals surface area contributed by atoms with E-state index in [0.717, 1.165) is 5.56 Å². The number of ether oxygens (including phenoxy) is 1. The summed E-state index contributed by atoms with van der Waals surface area (Å²) < 4.78 is 35.8. The number of para-hydroxylation sites is 1. The smallest absolute Gasteiger partial charge is 0.363 e. The van der Waals surface area contributed by atoms with Crippen LogP contribution in [0.3, 0.4) is 0 Å². The molecule has 0 fully saturated rings. The van der Waals surface area contributed by atoms with Crippen LogP contribution in [0.15, 0.2) is 94.4 Å². The first-order valence-corrected chi connectivity index (χ1v) is 10.5. The molecule has 0 aliphatic carbocycles. The van der Waals surface area contributed by atoms with E-state index in [2.05, 4.69) is 4.99 Å². The van der Waals surface area contributed by atoms with Crippen LogP contribution in [0.1, 0.15) is 16.7 Å². The topological polar surface area (TPSA) is 82.0 Å². The van der Waals surface area contributed by atoms with Gasteiger partial charge in [0.15, 0.2) is 5.70 Å². The van der Waals surface area contributed by atoms with E-state index in [9.17, 15) is 13.2 Å². The molecule has 1 aliphatic heterocycles. The summed E-state index contributed by atoms with van der Waals surface area (Å²) >= 11 is 0. The van der Waals surface area contributed by atoms with E-state index in [1.165, 1.54) is 24.3 Å². The third-order valence-corrected chi connectivity index (χ3v) is 5.69. The van der Waals surface area contributed by atoms with Crippen LogP contribution in [0.2, 0.25) is 0 Å². The molecule has 30 heavy (non-hydrogen) atoms. The van der Waals surface area contributed by atoms with Crippen molar-refractivity contribution in [3.8, 4) is 5.75 Å². The number of carbonyl (C=O) groups excluding carboxylic acids is 1. The number of rotatable bonds is 5. The van der Waals surface area contributed by atoms with Gasteiger partial charge in [-0.1, -0.05) is 54.6 Å². The number of hydrogen-bond donors (Lipinski definition) is 0. The summed E-state index contributed by atoms with van der Waals surface area (Å²) in [7, 11) is -4.02. The molecule has 0 N–H and O–H groups in total. The van der Waals surface area contributed by atoms with Gasteiger partial charge in [0.1, 0.15) is 10.6 Å². The highest BCUT2D eigenvalue weighted by atomic mass is 32.2. The molecule has 0 atom stereocenters. The monoisotopic (exact) mass is 419 g/mol. The second-order valence-corrected chi connectivity index (χ2v) is 8.09. The maximum absolute atomic E-state index is 12.6. The fraction of sp³-hybridized carbons (Fsp3) is 0.0435. The lowest BCUT2D eigenvalue weighted by molar-refractivity contribution is -0.129. The number of aliphatic imine (C=N–C) groups is 1. The molecule has 150 valence electrons. The minimum Gasteiger partial charge on any atom is -0.402 e. The summed E-state index contributed by atoms with van der Waals surface area (Å²) in [6.07, 6.45) is 1.45. The molecule has 0 spiro atoms. The predicted octanol–water partition coefficient (Wildman–Crippen LogP) is 4.11. The van der Waals surface area contributed by atoms with Gasteiger partial charge in [-0.25, -0.2) is 9.79 Å². The van der Waals surface area contributed by atoms with Crippen molar-refractivity contribution in [1.82, 2.24) is 0 Å². The molecule has 0 saturated carbocycles. The molecular formula is C23H17NO5S. The standard InChI is InChI=1S/C23H17NO5S/c1-16-9-5-7-13-19(16)22-24-20(23(25)28-22)15-17-10-6-8-14-21(17)29-30(26,27)18-11-3-2-4-12-18/h2-15H,1H3. The number of cyclic esters (lactones) is 1. The van der Waals surface area contributed by atoms with E-state index in [-0.39, 0.29) is 22.2 Å². The van der Waals surface area contributed by atoms with Gasteiger partial charge in [-0.2, -0.15) is 8.42 Å². The quantitative estimate of drug-likeness (QED) is 0.353. The molecule has 0 amide bonds. The van der Waals surface area contributed by atoms with Gasteiger partial charge in [0.25, 0.3) is 0 Å². The van der Waals surface area contributed by atoms with Crippen molar-refractivity contribution in [2.45, 2.75) is 11.8 Å². The van der Waals surface area contributed by atoms with Gasteiger partial charge in [0.05, 0.1) is 0 Å². The Morgan fingerprint density at radius 3 is 2.33 bits per heavy atom. The summed E-state index contributed by atoms with van der Waals surface area (Å²) in [5.74, 6) is -0.324. The summed E-state index contributed by atoms with van der Waals surface area (Å²) in [6, 6.07) is 21.8. The van der Waals surface area contributed by atoms with E-state index in [1.54, 1.807) is 36.4 Å². The minimum absolute atomic E-state index is 0.0348. The Bertz CT molecular complexity index is 1280. The van der Waals surface area contributed by atoms with Crippen LogP contribution < -0.4 is 4.18 Å². The molecule has 0 saturated heterocycles. The van der Waals surface area contributed by atoms with Gasteiger partial charge in [-0.05, 0) is 42.8 Å². The Morgan fingerprint density at radius 1 is 0.900 bits per heavy atom. The van der Waals surface area contributed by atoms with Crippen molar-refractivity contribution >= 4 is 28.1 Å². The fourth-order valence-electron chi connectivity index (χ4n) is 2.91. The van der Waals surface area contributed by atoms with Crippen LogP contribution in [0.4, 0.5) is 0 Å². The van der Waals surface area contributed by atoms with E-state index in [0.29, 0.717) is 11.1 Å². The van der Waals surface area contributed by atoms with E-state index < -0.39 is 16.1 Å². The molecule has 0 unspecified atom stereocenters. The molecule has 1 aliphatic rings. The second-order valence-electron chi connectivity index (χ2n) is 6.54. The summed E-state index contributed by atoms with van der Waals surface area (Å²) in [5.41, 5.74) is 2.08. The van der Waals surface area contributed by atoms with Crippen LogP contribution in [-0.4, -0.2) is 20.3 Å². The number of hydrogen-bond acceptors (Lipinski definition) is 6. The van der Waals surface area contributed by atoms with Crippen molar-refractivity contribution in [3.05, 3.63) is 101 Å². The van der Waals surface area contributed by atoms with Crippen molar-refractivity contribution in [1.29, 1.82) is 0 Å². The Balaban J connectivity index is 1.68. The summed E-state index contributed by atoms with van der Waals surface area (Å²) in [5, 5.41) is 0. The van der Waals surface area contributed by atoms with Gasteiger partial charge in [0, 0.05) is 11.1 Å².